The number of hydrogen-bond acceptors (Lipinski definition) is 3. The van der Waals surface area contributed by atoms with Crippen LogP contribution >= 0.6 is 0 Å². The molecule has 0 unspecified atom stereocenters. The molecule has 3 aromatic rings. The molecule has 0 aliphatic carbocycles. The average molecular weight is 340 g/mol. The third-order valence-corrected chi connectivity index (χ3v) is 5.88. The van der Waals surface area contributed by atoms with Crippen molar-refractivity contribution in [3.8, 4) is 11.3 Å². The van der Waals surface area contributed by atoms with E-state index in [0.29, 0.717) is 13.2 Å². The number of fused-ring (bicyclic) bond motifs is 1. The van der Waals surface area contributed by atoms with Crippen LogP contribution in [0.4, 0.5) is 0 Å². The lowest BCUT2D eigenvalue weighted by molar-refractivity contribution is 0.128. The molecule has 0 fully saturated rings. The SMILES string of the molecule is CCOCc1nc(-c2ccc(C)cc2)c2ccn([Si](C)(C)C)c2n1. The van der Waals surface area contributed by atoms with Crippen molar-refractivity contribution in [1.29, 1.82) is 0 Å². The zero-order chi connectivity index (χ0) is 17.3. The Morgan fingerprint density at radius 1 is 1.04 bits per heavy atom. The second-order valence-corrected chi connectivity index (χ2v) is 11.9. The van der Waals surface area contributed by atoms with Crippen molar-refractivity contribution in [2.75, 3.05) is 6.61 Å². The number of rotatable bonds is 5. The van der Waals surface area contributed by atoms with Crippen LogP contribution in [0.25, 0.3) is 22.3 Å². The van der Waals surface area contributed by atoms with Gasteiger partial charge in [-0.1, -0.05) is 49.5 Å². The van der Waals surface area contributed by atoms with E-state index in [0.717, 1.165) is 28.1 Å². The quantitative estimate of drug-likeness (QED) is 0.636. The van der Waals surface area contributed by atoms with E-state index in [4.69, 9.17) is 14.7 Å². The lowest BCUT2D eigenvalue weighted by Crippen LogP contribution is -2.31. The molecule has 24 heavy (non-hydrogen) atoms. The number of nitrogens with zero attached hydrogens (tertiary/aromatic N) is 3. The van der Waals surface area contributed by atoms with Gasteiger partial charge in [-0.2, -0.15) is 0 Å². The highest BCUT2D eigenvalue weighted by Crippen LogP contribution is 2.29. The Labute approximate surface area is 144 Å². The standard InChI is InChI=1S/C19H25N3OSi/c1-6-23-13-17-20-18(15-9-7-14(2)8-10-15)16-11-12-22(19(16)21-17)24(3,4)5/h7-12H,6,13H2,1-5H3. The molecule has 0 aliphatic rings. The molecule has 0 amide bonds. The molecular formula is C19H25N3OSi. The highest BCUT2D eigenvalue weighted by Gasteiger charge is 2.21. The number of hydrogen-bond donors (Lipinski definition) is 0. The summed E-state index contributed by atoms with van der Waals surface area (Å²) < 4.78 is 7.90. The zero-order valence-electron chi connectivity index (χ0n) is 15.1. The molecule has 2 aromatic heterocycles. The molecule has 0 bridgehead atoms. The largest absolute Gasteiger partial charge is 0.374 e. The van der Waals surface area contributed by atoms with Gasteiger partial charge in [-0.25, -0.2) is 9.97 Å². The molecule has 0 radical (unpaired) electrons. The minimum Gasteiger partial charge on any atom is -0.374 e. The Kier molecular flexibility index (Phi) is 4.56. The van der Waals surface area contributed by atoms with Crippen LogP contribution in [0.1, 0.15) is 18.3 Å². The van der Waals surface area contributed by atoms with Gasteiger partial charge in [-0.05, 0) is 26.1 Å². The number of benzene rings is 1. The highest BCUT2D eigenvalue weighted by molar-refractivity contribution is 6.75. The van der Waals surface area contributed by atoms with Crippen LogP contribution in [-0.4, -0.2) is 29.0 Å². The average Bonchev–Trinajstić information content (AvgIpc) is 2.97. The van der Waals surface area contributed by atoms with Crippen molar-refractivity contribution < 1.29 is 4.74 Å². The van der Waals surface area contributed by atoms with E-state index in [1.165, 1.54) is 5.56 Å². The van der Waals surface area contributed by atoms with Gasteiger partial charge >= 0.3 is 0 Å². The number of aromatic nitrogens is 3. The van der Waals surface area contributed by atoms with Crippen LogP contribution in [0.15, 0.2) is 36.5 Å². The van der Waals surface area contributed by atoms with Crippen LogP contribution < -0.4 is 0 Å². The normalized spacial score (nSPS) is 12.0. The highest BCUT2D eigenvalue weighted by atomic mass is 28.3. The van der Waals surface area contributed by atoms with Crippen LogP contribution in [0.3, 0.4) is 0 Å². The first kappa shape index (κ1) is 16.9. The van der Waals surface area contributed by atoms with Crippen molar-refractivity contribution in [2.45, 2.75) is 40.1 Å². The van der Waals surface area contributed by atoms with Crippen molar-refractivity contribution in [1.82, 2.24) is 14.2 Å². The van der Waals surface area contributed by atoms with Crippen LogP contribution in [0, 0.1) is 6.92 Å². The van der Waals surface area contributed by atoms with Crippen molar-refractivity contribution in [3.63, 3.8) is 0 Å². The Morgan fingerprint density at radius 3 is 2.38 bits per heavy atom. The van der Waals surface area contributed by atoms with Crippen LogP contribution in [-0.2, 0) is 11.3 Å². The summed E-state index contributed by atoms with van der Waals surface area (Å²) in [5, 5.41) is 1.11. The maximum absolute atomic E-state index is 5.56. The molecule has 0 spiro atoms. The molecule has 0 N–H and O–H groups in total. The molecule has 1 aromatic carbocycles. The molecule has 4 nitrogen and oxygen atoms in total. The van der Waals surface area contributed by atoms with Crippen LogP contribution in [0.5, 0.6) is 0 Å². The summed E-state index contributed by atoms with van der Waals surface area (Å²) in [4.78, 5) is 9.60. The molecule has 126 valence electrons. The Balaban J connectivity index is 2.22. The van der Waals surface area contributed by atoms with Gasteiger partial charge < -0.3 is 8.97 Å². The first-order valence-corrected chi connectivity index (χ1v) is 11.9. The van der Waals surface area contributed by atoms with E-state index in [-0.39, 0.29) is 0 Å². The predicted molar refractivity (Wildman–Crippen MR) is 102 cm³/mol. The third-order valence-electron chi connectivity index (χ3n) is 4.07. The second kappa shape index (κ2) is 6.49. The molecule has 2 heterocycles. The lowest BCUT2D eigenvalue weighted by Gasteiger charge is -2.20. The fourth-order valence-corrected chi connectivity index (χ4v) is 4.12. The molecular weight excluding hydrogens is 314 g/mol. The van der Waals surface area contributed by atoms with E-state index in [1.807, 2.05) is 6.92 Å². The maximum Gasteiger partial charge on any atom is 0.157 e. The fourth-order valence-electron chi connectivity index (χ4n) is 2.79. The summed E-state index contributed by atoms with van der Waals surface area (Å²) in [6.45, 7) is 12.2. The predicted octanol–water partition coefficient (Wildman–Crippen LogP) is 4.63. The van der Waals surface area contributed by atoms with Gasteiger partial charge in [0.15, 0.2) is 14.1 Å². The smallest absolute Gasteiger partial charge is 0.157 e. The minimum absolute atomic E-state index is 0.447. The van der Waals surface area contributed by atoms with E-state index in [9.17, 15) is 0 Å². The molecule has 5 heteroatoms. The number of ether oxygens (including phenoxy) is 1. The Hall–Kier alpha value is -1.98. The van der Waals surface area contributed by atoms with Crippen molar-refractivity contribution in [2.24, 2.45) is 0 Å². The fraction of sp³-hybridized carbons (Fsp3) is 0.368. The molecule has 0 atom stereocenters. The minimum atomic E-state index is -1.55. The maximum atomic E-state index is 5.56. The topological polar surface area (TPSA) is 39.9 Å². The number of aryl methyl sites for hydroxylation is 1. The van der Waals surface area contributed by atoms with Crippen molar-refractivity contribution >= 4 is 19.3 Å². The van der Waals surface area contributed by atoms with Crippen molar-refractivity contribution in [3.05, 3.63) is 47.9 Å². The van der Waals surface area contributed by atoms with E-state index in [1.54, 1.807) is 0 Å². The summed E-state index contributed by atoms with van der Waals surface area (Å²) in [6.07, 6.45) is 2.16. The second-order valence-electron chi connectivity index (χ2n) is 7.09. The first-order valence-electron chi connectivity index (χ1n) is 8.43. The van der Waals surface area contributed by atoms with Crippen LogP contribution in [0.2, 0.25) is 19.6 Å². The monoisotopic (exact) mass is 339 g/mol. The molecule has 0 saturated carbocycles. The van der Waals surface area contributed by atoms with E-state index in [2.05, 4.69) is 67.3 Å². The third kappa shape index (κ3) is 3.27. The molecule has 0 saturated heterocycles. The van der Waals surface area contributed by atoms with Gasteiger partial charge in [0.2, 0.25) is 0 Å². The van der Waals surface area contributed by atoms with Gasteiger partial charge in [0.05, 0.1) is 5.69 Å². The summed E-state index contributed by atoms with van der Waals surface area (Å²) in [7, 11) is -1.55. The van der Waals surface area contributed by atoms with Gasteiger partial charge in [0.1, 0.15) is 12.3 Å². The zero-order valence-corrected chi connectivity index (χ0v) is 16.1. The lowest BCUT2D eigenvalue weighted by atomic mass is 10.1. The first-order chi connectivity index (χ1) is 11.4. The summed E-state index contributed by atoms with van der Waals surface area (Å²) in [5.74, 6) is 0.748. The Morgan fingerprint density at radius 2 is 1.75 bits per heavy atom. The molecule has 3 rings (SSSR count). The van der Waals surface area contributed by atoms with Gasteiger partial charge in [-0.3, -0.25) is 0 Å². The van der Waals surface area contributed by atoms with Gasteiger partial charge in [0.25, 0.3) is 0 Å². The summed E-state index contributed by atoms with van der Waals surface area (Å²) in [6, 6.07) is 10.7. The summed E-state index contributed by atoms with van der Waals surface area (Å²) in [5.41, 5.74) is 4.39. The Bertz CT molecular complexity index is 847. The summed E-state index contributed by atoms with van der Waals surface area (Å²) >= 11 is 0. The van der Waals surface area contributed by atoms with Gasteiger partial charge in [-0.15, -0.1) is 0 Å². The van der Waals surface area contributed by atoms with Gasteiger partial charge in [0, 0.05) is 17.6 Å². The van der Waals surface area contributed by atoms with E-state index >= 15 is 0 Å². The van der Waals surface area contributed by atoms with E-state index < -0.39 is 8.24 Å². The molecule has 0 aliphatic heterocycles.